The Morgan fingerprint density at radius 2 is 0.898 bits per heavy atom. The fourth-order valence-electron chi connectivity index (χ4n) is 9.82. The molecule has 0 unspecified atom stereocenters. The minimum atomic E-state index is 0.898. The predicted molar refractivity (Wildman–Crippen MR) is 248 cm³/mol. The van der Waals surface area contributed by atoms with Gasteiger partial charge in [0.05, 0.1) is 27.8 Å². The van der Waals surface area contributed by atoms with Crippen molar-refractivity contribution in [2.24, 2.45) is 0 Å². The molecular weight excluding hydrogens is 717 g/mol. The summed E-state index contributed by atoms with van der Waals surface area (Å²) >= 11 is 0. The summed E-state index contributed by atoms with van der Waals surface area (Å²) in [5, 5.41) is 12.1. The Kier molecular flexibility index (Phi) is 6.72. The molecule has 0 N–H and O–H groups in total. The number of hydrogen-bond donors (Lipinski definition) is 0. The van der Waals surface area contributed by atoms with Gasteiger partial charge in [-0.25, -0.2) is 0 Å². The zero-order chi connectivity index (χ0) is 38.6. The van der Waals surface area contributed by atoms with E-state index in [1.165, 1.54) is 81.9 Å². The Hall–Kier alpha value is -7.88. The third kappa shape index (κ3) is 4.70. The van der Waals surface area contributed by atoms with Crippen LogP contribution in [0.4, 0.5) is 0 Å². The lowest BCUT2D eigenvalue weighted by Gasteiger charge is -2.11. The molecule has 0 aliphatic carbocycles. The largest absolute Gasteiger partial charge is 0.454 e. The van der Waals surface area contributed by atoms with Crippen LogP contribution in [0.2, 0.25) is 0 Å². The van der Waals surface area contributed by atoms with Crippen molar-refractivity contribution in [2.75, 3.05) is 0 Å². The van der Waals surface area contributed by atoms with Gasteiger partial charge in [-0.1, -0.05) is 152 Å². The Bertz CT molecular complexity index is 3840. The number of aromatic nitrogens is 2. The zero-order valence-corrected chi connectivity index (χ0v) is 31.9. The summed E-state index contributed by atoms with van der Waals surface area (Å²) in [4.78, 5) is 0. The molecule has 0 amide bonds. The predicted octanol–water partition coefficient (Wildman–Crippen LogP) is 15.4. The summed E-state index contributed by atoms with van der Waals surface area (Å²) < 4.78 is 11.5. The molecule has 3 aromatic heterocycles. The molecule has 0 radical (unpaired) electrons. The van der Waals surface area contributed by atoms with Crippen molar-refractivity contribution in [1.29, 1.82) is 0 Å². The molecule has 0 aliphatic heterocycles. The highest BCUT2D eigenvalue weighted by atomic mass is 16.3. The normalized spacial score (nSPS) is 12.1. The highest BCUT2D eigenvalue weighted by Crippen LogP contribution is 2.43. The number of benzene rings is 10. The van der Waals surface area contributed by atoms with Crippen molar-refractivity contribution < 1.29 is 4.42 Å². The van der Waals surface area contributed by atoms with Crippen LogP contribution < -0.4 is 0 Å². The van der Waals surface area contributed by atoms with Crippen LogP contribution in [0.3, 0.4) is 0 Å². The highest BCUT2D eigenvalue weighted by Gasteiger charge is 2.20. The second-order valence-corrected chi connectivity index (χ2v) is 15.7. The molecule has 274 valence electrons. The van der Waals surface area contributed by atoms with Crippen LogP contribution in [0.5, 0.6) is 0 Å². The van der Waals surface area contributed by atoms with E-state index in [1.54, 1.807) is 0 Å². The maximum Gasteiger partial charge on any atom is 0.159 e. The molecule has 0 spiro atoms. The van der Waals surface area contributed by atoms with Crippen molar-refractivity contribution >= 4 is 87.1 Å². The monoisotopic (exact) mass is 750 g/mol. The molecule has 0 saturated carbocycles. The summed E-state index contributed by atoms with van der Waals surface area (Å²) in [6.45, 7) is 0. The molecule has 59 heavy (non-hydrogen) atoms. The van der Waals surface area contributed by atoms with Gasteiger partial charge in [-0.15, -0.1) is 0 Å². The van der Waals surface area contributed by atoms with Crippen LogP contribution in [0, 0.1) is 0 Å². The number of hydrogen-bond acceptors (Lipinski definition) is 1. The van der Waals surface area contributed by atoms with E-state index in [2.05, 4.69) is 209 Å². The van der Waals surface area contributed by atoms with Crippen molar-refractivity contribution in [2.45, 2.75) is 0 Å². The third-order valence-corrected chi connectivity index (χ3v) is 12.5. The summed E-state index contributed by atoms with van der Waals surface area (Å²) in [6.07, 6.45) is 0. The van der Waals surface area contributed by atoms with Gasteiger partial charge in [0.15, 0.2) is 5.58 Å². The van der Waals surface area contributed by atoms with E-state index in [0.29, 0.717) is 0 Å². The lowest BCUT2D eigenvalue weighted by atomic mass is 9.98. The van der Waals surface area contributed by atoms with E-state index in [4.69, 9.17) is 4.42 Å². The first kappa shape index (κ1) is 32.2. The third-order valence-electron chi connectivity index (χ3n) is 12.5. The second-order valence-electron chi connectivity index (χ2n) is 15.7. The highest BCUT2D eigenvalue weighted by molar-refractivity contribution is 6.20. The Morgan fingerprint density at radius 3 is 1.71 bits per heavy atom. The van der Waals surface area contributed by atoms with Crippen molar-refractivity contribution in [3.05, 3.63) is 206 Å². The molecule has 13 aromatic rings. The number of furan rings is 1. The van der Waals surface area contributed by atoms with Gasteiger partial charge in [-0.2, -0.15) is 0 Å². The minimum absolute atomic E-state index is 0.898. The van der Waals surface area contributed by atoms with Gasteiger partial charge in [-0.05, 0) is 93.0 Å². The molecule has 13 rings (SSSR count). The molecule has 0 aliphatic rings. The van der Waals surface area contributed by atoms with Gasteiger partial charge in [0.25, 0.3) is 0 Å². The Balaban J connectivity index is 0.985. The molecule has 0 saturated heterocycles. The van der Waals surface area contributed by atoms with Crippen LogP contribution in [-0.2, 0) is 0 Å². The Morgan fingerprint density at radius 1 is 0.322 bits per heavy atom. The summed E-state index contributed by atoms with van der Waals surface area (Å²) in [5.74, 6) is 0. The zero-order valence-electron chi connectivity index (χ0n) is 31.9. The standard InChI is InChI=1S/C56H34N2O/c1-3-14-41-35(11-1)13-9-18-42(41)37-23-28-40(29-24-37)57-50-20-7-5-16-44(50)48-33-38(26-31-51(48)57)39-27-32-52-49(34-39)46-30-25-36-12-2-4-15-43(36)55(46)58(52)53-21-10-19-47-45-17-6-8-22-54(45)59-56(47)53/h1-34H. The Labute approximate surface area is 339 Å². The molecule has 3 heteroatoms. The quantitative estimate of drug-likeness (QED) is 0.176. The smallest absolute Gasteiger partial charge is 0.159 e. The molecular formula is C56H34N2O. The average molecular weight is 751 g/mol. The number of rotatable bonds is 4. The molecule has 0 atom stereocenters. The summed E-state index contributed by atoms with van der Waals surface area (Å²) in [7, 11) is 0. The van der Waals surface area contributed by atoms with Crippen molar-refractivity contribution in [3.63, 3.8) is 0 Å². The van der Waals surface area contributed by atoms with Crippen LogP contribution in [0.1, 0.15) is 0 Å². The van der Waals surface area contributed by atoms with Gasteiger partial charge >= 0.3 is 0 Å². The van der Waals surface area contributed by atoms with E-state index >= 15 is 0 Å². The van der Waals surface area contributed by atoms with Gasteiger partial charge in [0.2, 0.25) is 0 Å². The maximum absolute atomic E-state index is 6.64. The van der Waals surface area contributed by atoms with Gasteiger partial charge < -0.3 is 13.6 Å². The minimum Gasteiger partial charge on any atom is -0.454 e. The van der Waals surface area contributed by atoms with E-state index in [1.807, 2.05) is 6.07 Å². The van der Waals surface area contributed by atoms with Crippen LogP contribution in [-0.4, -0.2) is 9.13 Å². The van der Waals surface area contributed by atoms with E-state index in [0.717, 1.165) is 38.8 Å². The second kappa shape index (κ2) is 12.3. The number of fused-ring (bicyclic) bond motifs is 12. The molecule has 10 aromatic carbocycles. The van der Waals surface area contributed by atoms with Crippen LogP contribution >= 0.6 is 0 Å². The van der Waals surface area contributed by atoms with Crippen molar-refractivity contribution in [1.82, 2.24) is 9.13 Å². The summed E-state index contributed by atoms with van der Waals surface area (Å²) in [5.41, 5.74) is 13.6. The van der Waals surface area contributed by atoms with Crippen LogP contribution in [0.15, 0.2) is 211 Å². The number of nitrogens with zero attached hydrogens (tertiary/aromatic N) is 2. The average Bonchev–Trinajstić information content (AvgIpc) is 3.96. The molecule has 3 heterocycles. The van der Waals surface area contributed by atoms with E-state index < -0.39 is 0 Å². The van der Waals surface area contributed by atoms with Gasteiger partial charge in [0, 0.05) is 43.4 Å². The lowest BCUT2D eigenvalue weighted by Crippen LogP contribution is -1.95. The molecule has 0 bridgehead atoms. The summed E-state index contributed by atoms with van der Waals surface area (Å²) in [6, 6.07) is 75.0. The SMILES string of the molecule is c1ccc2c(-c3ccc(-n4c5ccccc5c5cc(-c6ccc7c(c6)c6ccc8ccccc8c6n7-c6cccc7c6oc6ccccc67)ccc54)cc3)cccc2c1. The van der Waals surface area contributed by atoms with Crippen LogP contribution in [0.25, 0.3) is 121 Å². The van der Waals surface area contributed by atoms with E-state index in [-0.39, 0.29) is 0 Å². The topological polar surface area (TPSA) is 23.0 Å². The van der Waals surface area contributed by atoms with Gasteiger partial charge in [0.1, 0.15) is 5.58 Å². The first-order valence-corrected chi connectivity index (χ1v) is 20.3. The molecule has 3 nitrogen and oxygen atoms in total. The fourth-order valence-corrected chi connectivity index (χ4v) is 9.82. The number of para-hydroxylation sites is 3. The van der Waals surface area contributed by atoms with Crippen molar-refractivity contribution in [3.8, 4) is 33.6 Å². The lowest BCUT2D eigenvalue weighted by molar-refractivity contribution is 0.666. The van der Waals surface area contributed by atoms with Gasteiger partial charge in [-0.3, -0.25) is 0 Å². The van der Waals surface area contributed by atoms with E-state index in [9.17, 15) is 0 Å². The maximum atomic E-state index is 6.64. The molecule has 0 fully saturated rings. The first-order valence-electron chi connectivity index (χ1n) is 20.3. The first-order chi connectivity index (χ1) is 29.3. The fraction of sp³-hybridized carbons (Fsp3) is 0.